The van der Waals surface area contributed by atoms with Gasteiger partial charge >= 0.3 is 0 Å². The number of benzene rings is 2. The van der Waals surface area contributed by atoms with Gasteiger partial charge in [-0.05, 0) is 35.0 Å². The molecule has 0 saturated heterocycles. The average Bonchev–Trinajstić information content (AvgIpc) is 3.15. The van der Waals surface area contributed by atoms with Gasteiger partial charge in [-0.15, -0.1) is 23.1 Å². The minimum absolute atomic E-state index is 0.0647. The Morgan fingerprint density at radius 1 is 1.00 bits per heavy atom. The summed E-state index contributed by atoms with van der Waals surface area (Å²) in [6.07, 6.45) is 1.73. The van der Waals surface area contributed by atoms with Crippen molar-refractivity contribution in [2.24, 2.45) is 0 Å². The van der Waals surface area contributed by atoms with Gasteiger partial charge in [0.15, 0.2) is 5.13 Å². The molecule has 4 aromatic rings. The smallest absolute Gasteiger partial charge is 0.236 e. The Labute approximate surface area is 159 Å². The minimum atomic E-state index is -0.0647. The van der Waals surface area contributed by atoms with Crippen LogP contribution in [0.5, 0.6) is 0 Å². The molecule has 128 valence electrons. The lowest BCUT2D eigenvalue weighted by Crippen LogP contribution is -2.13. The van der Waals surface area contributed by atoms with Gasteiger partial charge in [0.2, 0.25) is 5.91 Å². The molecule has 1 amide bonds. The highest BCUT2D eigenvalue weighted by molar-refractivity contribution is 8.00. The highest BCUT2D eigenvalue weighted by Crippen LogP contribution is 2.25. The van der Waals surface area contributed by atoms with E-state index in [0.717, 1.165) is 16.3 Å². The molecule has 0 spiro atoms. The predicted octanol–water partition coefficient (Wildman–Crippen LogP) is 5.09. The molecule has 0 bridgehead atoms. The molecule has 0 fully saturated rings. The summed E-state index contributed by atoms with van der Waals surface area (Å²) < 4.78 is 0. The molecular formula is C20H15N3OS2. The number of anilines is 1. The van der Waals surface area contributed by atoms with Gasteiger partial charge in [0.05, 0.1) is 11.4 Å². The van der Waals surface area contributed by atoms with Gasteiger partial charge in [0, 0.05) is 16.5 Å². The first-order valence-corrected chi connectivity index (χ1v) is 9.93. The van der Waals surface area contributed by atoms with Crippen molar-refractivity contribution in [3.63, 3.8) is 0 Å². The van der Waals surface area contributed by atoms with E-state index in [-0.39, 0.29) is 5.91 Å². The lowest BCUT2D eigenvalue weighted by atomic mass is 10.1. The zero-order chi connectivity index (χ0) is 17.8. The lowest BCUT2D eigenvalue weighted by molar-refractivity contribution is -0.113. The second-order valence-corrected chi connectivity index (χ2v) is 7.51. The fourth-order valence-corrected chi connectivity index (χ4v) is 3.99. The van der Waals surface area contributed by atoms with E-state index in [0.29, 0.717) is 10.9 Å². The highest BCUT2D eigenvalue weighted by atomic mass is 32.2. The fraction of sp³-hybridized carbons (Fsp3) is 0.0500. The van der Waals surface area contributed by atoms with Crippen LogP contribution in [0, 0.1) is 0 Å². The van der Waals surface area contributed by atoms with Gasteiger partial charge in [0.1, 0.15) is 5.69 Å². The normalized spacial score (nSPS) is 10.8. The molecule has 0 aliphatic carbocycles. The number of amides is 1. The van der Waals surface area contributed by atoms with Crippen LogP contribution >= 0.6 is 23.1 Å². The Kier molecular flexibility index (Phi) is 4.95. The molecule has 0 atom stereocenters. The maximum Gasteiger partial charge on any atom is 0.236 e. The largest absolute Gasteiger partial charge is 0.301 e. The second kappa shape index (κ2) is 7.68. The predicted molar refractivity (Wildman–Crippen MR) is 109 cm³/mol. The summed E-state index contributed by atoms with van der Waals surface area (Å²) in [5, 5.41) is 7.73. The SMILES string of the molecule is O=C(CSc1ccc2ccccc2c1)Nc1nc(-c2ccccn2)cs1. The van der Waals surface area contributed by atoms with Crippen LogP contribution in [0.3, 0.4) is 0 Å². The summed E-state index contributed by atoms with van der Waals surface area (Å²) in [6.45, 7) is 0. The van der Waals surface area contributed by atoms with Crippen LogP contribution in [0.2, 0.25) is 0 Å². The number of carbonyl (C=O) groups excluding carboxylic acids is 1. The van der Waals surface area contributed by atoms with E-state index in [1.807, 2.05) is 41.8 Å². The van der Waals surface area contributed by atoms with Crippen LogP contribution in [0.15, 0.2) is 77.1 Å². The molecule has 2 heterocycles. The molecule has 6 heteroatoms. The number of thiazole rings is 1. The molecule has 0 radical (unpaired) electrons. The molecular weight excluding hydrogens is 362 g/mol. The fourth-order valence-electron chi connectivity index (χ4n) is 2.52. The van der Waals surface area contributed by atoms with Crippen LogP contribution < -0.4 is 5.32 Å². The number of fused-ring (bicyclic) bond motifs is 1. The monoisotopic (exact) mass is 377 g/mol. The van der Waals surface area contributed by atoms with Crippen LogP contribution in [0.4, 0.5) is 5.13 Å². The summed E-state index contributed by atoms with van der Waals surface area (Å²) >= 11 is 2.92. The van der Waals surface area contributed by atoms with Crippen molar-refractivity contribution in [2.75, 3.05) is 11.1 Å². The molecule has 0 aliphatic heterocycles. The van der Waals surface area contributed by atoms with E-state index in [1.165, 1.54) is 33.9 Å². The van der Waals surface area contributed by atoms with E-state index in [1.54, 1.807) is 6.20 Å². The van der Waals surface area contributed by atoms with Gasteiger partial charge in [-0.25, -0.2) is 4.98 Å². The van der Waals surface area contributed by atoms with Gasteiger partial charge in [-0.1, -0.05) is 36.4 Å². The standard InChI is InChI=1S/C20H15N3OS2/c24-19(13-25-16-9-8-14-5-1-2-6-15(14)11-16)23-20-22-18(12-26-20)17-7-3-4-10-21-17/h1-12H,13H2,(H,22,23,24). The van der Waals surface area contributed by atoms with E-state index >= 15 is 0 Å². The first-order valence-electron chi connectivity index (χ1n) is 8.06. The number of thioether (sulfide) groups is 1. The molecule has 0 aliphatic rings. The number of carbonyl (C=O) groups is 1. The first-order chi connectivity index (χ1) is 12.8. The first kappa shape index (κ1) is 16.8. The Morgan fingerprint density at radius 3 is 2.69 bits per heavy atom. The lowest BCUT2D eigenvalue weighted by Gasteiger charge is -2.04. The van der Waals surface area contributed by atoms with Crippen LogP contribution in [0.1, 0.15) is 0 Å². The quantitative estimate of drug-likeness (QED) is 0.492. The molecule has 4 nitrogen and oxygen atoms in total. The molecule has 4 rings (SSSR count). The van der Waals surface area contributed by atoms with Crippen molar-refractivity contribution in [1.82, 2.24) is 9.97 Å². The summed E-state index contributed by atoms with van der Waals surface area (Å²) in [7, 11) is 0. The minimum Gasteiger partial charge on any atom is -0.301 e. The van der Waals surface area contributed by atoms with Crippen LogP contribution in [-0.4, -0.2) is 21.6 Å². The number of pyridine rings is 1. The number of aromatic nitrogens is 2. The Hall–Kier alpha value is -2.70. The number of hydrogen-bond acceptors (Lipinski definition) is 5. The van der Waals surface area contributed by atoms with Gasteiger partial charge in [0.25, 0.3) is 0 Å². The second-order valence-electron chi connectivity index (χ2n) is 5.60. The number of rotatable bonds is 5. The van der Waals surface area contributed by atoms with Crippen molar-refractivity contribution in [3.05, 3.63) is 72.2 Å². The van der Waals surface area contributed by atoms with E-state index < -0.39 is 0 Å². The third-order valence-electron chi connectivity index (χ3n) is 3.77. The molecule has 0 saturated carbocycles. The highest BCUT2D eigenvalue weighted by Gasteiger charge is 2.09. The van der Waals surface area contributed by atoms with Crippen molar-refractivity contribution in [3.8, 4) is 11.4 Å². The Balaban J connectivity index is 1.37. The third-order valence-corrected chi connectivity index (χ3v) is 5.52. The van der Waals surface area contributed by atoms with E-state index in [9.17, 15) is 4.79 Å². The summed E-state index contributed by atoms with van der Waals surface area (Å²) in [5.74, 6) is 0.279. The van der Waals surface area contributed by atoms with Crippen molar-refractivity contribution in [2.45, 2.75) is 4.90 Å². The number of hydrogen-bond donors (Lipinski definition) is 1. The zero-order valence-electron chi connectivity index (χ0n) is 13.8. The number of nitrogens with zero attached hydrogens (tertiary/aromatic N) is 2. The molecule has 1 N–H and O–H groups in total. The molecule has 2 aromatic heterocycles. The molecule has 26 heavy (non-hydrogen) atoms. The van der Waals surface area contributed by atoms with Crippen molar-refractivity contribution in [1.29, 1.82) is 0 Å². The van der Waals surface area contributed by atoms with Crippen LogP contribution in [0.25, 0.3) is 22.2 Å². The summed E-state index contributed by atoms with van der Waals surface area (Å²) in [6, 6.07) is 20.1. The van der Waals surface area contributed by atoms with Gasteiger partial charge in [-0.3, -0.25) is 9.78 Å². The number of nitrogens with one attached hydrogen (secondary N) is 1. The average molecular weight is 377 g/mol. The zero-order valence-corrected chi connectivity index (χ0v) is 15.4. The Morgan fingerprint density at radius 2 is 1.85 bits per heavy atom. The van der Waals surface area contributed by atoms with E-state index in [2.05, 4.69) is 39.6 Å². The summed E-state index contributed by atoms with van der Waals surface area (Å²) in [4.78, 5) is 22.0. The Bertz CT molecular complexity index is 1050. The third kappa shape index (κ3) is 3.92. The molecule has 0 unspecified atom stereocenters. The van der Waals surface area contributed by atoms with Crippen molar-refractivity contribution >= 4 is 44.9 Å². The van der Waals surface area contributed by atoms with Crippen LogP contribution in [-0.2, 0) is 4.79 Å². The molecule has 2 aromatic carbocycles. The maximum absolute atomic E-state index is 12.2. The van der Waals surface area contributed by atoms with Crippen molar-refractivity contribution < 1.29 is 4.79 Å². The van der Waals surface area contributed by atoms with Gasteiger partial charge < -0.3 is 5.32 Å². The van der Waals surface area contributed by atoms with E-state index in [4.69, 9.17) is 0 Å². The van der Waals surface area contributed by atoms with Gasteiger partial charge in [-0.2, -0.15) is 0 Å². The summed E-state index contributed by atoms with van der Waals surface area (Å²) in [5.41, 5.74) is 1.57. The maximum atomic E-state index is 12.2. The topological polar surface area (TPSA) is 54.9 Å².